The van der Waals surface area contributed by atoms with Crippen LogP contribution in [-0.2, 0) is 19.8 Å². The zero-order valence-electron chi connectivity index (χ0n) is 17.1. The summed E-state index contributed by atoms with van der Waals surface area (Å²) >= 11 is 0. The van der Waals surface area contributed by atoms with Gasteiger partial charge in [-0.15, -0.1) is 0 Å². The lowest BCUT2D eigenvalue weighted by molar-refractivity contribution is -0.148. The third-order valence-electron chi connectivity index (χ3n) is 7.79. The normalized spacial score (nSPS) is 34.2. The first-order valence-corrected chi connectivity index (χ1v) is 10.7. The number of imide groups is 1. The molecule has 29 heavy (non-hydrogen) atoms. The molecule has 0 spiro atoms. The van der Waals surface area contributed by atoms with Gasteiger partial charge in [0.15, 0.2) is 0 Å². The number of carbonyl (C=O) groups is 3. The van der Waals surface area contributed by atoms with E-state index in [1.54, 1.807) is 12.1 Å². The summed E-state index contributed by atoms with van der Waals surface area (Å²) in [6.45, 7) is 6.18. The molecule has 5 aliphatic rings. The van der Waals surface area contributed by atoms with E-state index >= 15 is 0 Å². The first-order chi connectivity index (χ1) is 13.8. The quantitative estimate of drug-likeness (QED) is 0.333. The van der Waals surface area contributed by atoms with Crippen molar-refractivity contribution in [3.8, 4) is 5.75 Å². The molecule has 1 saturated heterocycles. The van der Waals surface area contributed by atoms with Crippen molar-refractivity contribution >= 4 is 17.8 Å². The molecule has 1 aliphatic heterocycles. The van der Waals surface area contributed by atoms with E-state index in [9.17, 15) is 14.4 Å². The highest BCUT2D eigenvalue weighted by Gasteiger charge is 2.67. The van der Waals surface area contributed by atoms with Gasteiger partial charge in [0, 0.05) is 0 Å². The summed E-state index contributed by atoms with van der Waals surface area (Å²) in [6, 6.07) is 7.47. The highest BCUT2D eigenvalue weighted by atomic mass is 16.5. The van der Waals surface area contributed by atoms with E-state index in [1.165, 1.54) is 5.56 Å². The summed E-state index contributed by atoms with van der Waals surface area (Å²) in [5.41, 5.74) is 1.23. The lowest BCUT2D eigenvalue weighted by atomic mass is 9.63. The molecule has 2 saturated carbocycles. The van der Waals surface area contributed by atoms with Crippen LogP contribution in [0, 0.1) is 35.5 Å². The van der Waals surface area contributed by atoms with Crippen LogP contribution < -0.4 is 4.74 Å². The van der Waals surface area contributed by atoms with Crippen LogP contribution >= 0.6 is 0 Å². The molecule has 6 rings (SSSR count). The van der Waals surface area contributed by atoms with Crippen molar-refractivity contribution < 1.29 is 19.1 Å². The van der Waals surface area contributed by atoms with E-state index in [0.717, 1.165) is 17.7 Å². The Morgan fingerprint density at radius 3 is 2.10 bits per heavy atom. The van der Waals surface area contributed by atoms with Gasteiger partial charge in [-0.3, -0.25) is 14.5 Å². The summed E-state index contributed by atoms with van der Waals surface area (Å²) < 4.78 is 5.43. The molecule has 2 bridgehead atoms. The van der Waals surface area contributed by atoms with Crippen molar-refractivity contribution in [3.63, 3.8) is 0 Å². The molecular weight excluding hydrogens is 366 g/mol. The average Bonchev–Trinajstić information content (AvgIpc) is 3.49. The van der Waals surface area contributed by atoms with Gasteiger partial charge in [0.05, 0.1) is 11.8 Å². The van der Waals surface area contributed by atoms with Crippen LogP contribution in [0.15, 0.2) is 36.4 Å². The minimum Gasteiger partial charge on any atom is -0.425 e. The van der Waals surface area contributed by atoms with Crippen LogP contribution in [0.1, 0.15) is 39.2 Å². The summed E-state index contributed by atoms with van der Waals surface area (Å²) in [4.78, 5) is 39.5. The number of hydrogen-bond donors (Lipinski definition) is 0. The summed E-state index contributed by atoms with van der Waals surface area (Å²) in [5.74, 6) is 0.381. The molecule has 1 aromatic rings. The monoisotopic (exact) mass is 393 g/mol. The van der Waals surface area contributed by atoms with Gasteiger partial charge in [-0.2, -0.15) is 0 Å². The molecule has 5 nitrogen and oxygen atoms in total. The predicted octanol–water partition coefficient (Wildman–Crippen LogP) is 3.33. The Bertz CT molecular complexity index is 879. The molecule has 152 valence electrons. The van der Waals surface area contributed by atoms with E-state index in [-0.39, 0.29) is 47.4 Å². The van der Waals surface area contributed by atoms with Crippen molar-refractivity contribution in [2.75, 3.05) is 6.54 Å². The molecule has 0 radical (unpaired) electrons. The predicted molar refractivity (Wildman–Crippen MR) is 107 cm³/mol. The average molecular weight is 393 g/mol. The summed E-state index contributed by atoms with van der Waals surface area (Å²) in [6.07, 6.45) is 6.40. The Hall–Kier alpha value is -2.43. The molecule has 3 fully saturated rings. The van der Waals surface area contributed by atoms with Crippen LogP contribution in [0.2, 0.25) is 0 Å². The molecule has 1 aromatic carbocycles. The zero-order chi connectivity index (χ0) is 20.5. The third-order valence-corrected chi connectivity index (χ3v) is 7.79. The molecule has 1 heterocycles. The van der Waals surface area contributed by atoms with E-state index in [2.05, 4.69) is 32.9 Å². The smallest absolute Gasteiger partial charge is 0.331 e. The zero-order valence-corrected chi connectivity index (χ0v) is 17.1. The number of carbonyl (C=O) groups excluding carboxylic acids is 3. The number of nitrogens with zero attached hydrogens (tertiary/aromatic N) is 1. The molecule has 4 aliphatic carbocycles. The molecule has 0 unspecified atom stereocenters. The largest absolute Gasteiger partial charge is 0.425 e. The number of esters is 1. The number of ether oxygens (including phenoxy) is 1. The van der Waals surface area contributed by atoms with Gasteiger partial charge >= 0.3 is 5.97 Å². The second-order valence-corrected chi connectivity index (χ2v) is 9.65. The van der Waals surface area contributed by atoms with Crippen LogP contribution in [-0.4, -0.2) is 29.2 Å². The van der Waals surface area contributed by atoms with Crippen molar-refractivity contribution in [3.05, 3.63) is 42.0 Å². The molecule has 0 N–H and O–H groups in total. The number of benzene rings is 1. The fourth-order valence-electron chi connectivity index (χ4n) is 5.65. The molecule has 6 atom stereocenters. The molecule has 5 heteroatoms. The SMILES string of the molecule is CCC(C)(C)c1ccc(OC(=O)CN2C(=O)[C@@H]3[C@H]4C=C[C@@H]([C@@H]5C[C@H]45)[C@H]3C2=O)cc1. The highest BCUT2D eigenvalue weighted by Crippen LogP contribution is 2.65. The summed E-state index contributed by atoms with van der Waals surface area (Å²) in [7, 11) is 0. The Labute approximate surface area is 171 Å². The third kappa shape index (κ3) is 2.77. The molecule has 0 aromatic heterocycles. The van der Waals surface area contributed by atoms with Gasteiger partial charge in [0.25, 0.3) is 0 Å². The van der Waals surface area contributed by atoms with Gasteiger partial charge < -0.3 is 4.74 Å². The van der Waals surface area contributed by atoms with Gasteiger partial charge in [-0.05, 0) is 59.6 Å². The maximum absolute atomic E-state index is 12.9. The van der Waals surface area contributed by atoms with Gasteiger partial charge in [-0.25, -0.2) is 4.79 Å². The maximum atomic E-state index is 12.9. The van der Waals surface area contributed by atoms with Gasteiger partial charge in [0.2, 0.25) is 11.8 Å². The Morgan fingerprint density at radius 1 is 1.03 bits per heavy atom. The van der Waals surface area contributed by atoms with Crippen molar-refractivity contribution in [1.82, 2.24) is 4.90 Å². The number of rotatable bonds is 5. The topological polar surface area (TPSA) is 63.7 Å². The van der Waals surface area contributed by atoms with Crippen molar-refractivity contribution in [1.29, 1.82) is 0 Å². The van der Waals surface area contributed by atoms with Gasteiger partial charge in [0.1, 0.15) is 12.3 Å². The molecule has 2 amide bonds. The fraction of sp³-hybridized carbons (Fsp3) is 0.542. The van der Waals surface area contributed by atoms with E-state index in [1.807, 2.05) is 12.1 Å². The Kier molecular flexibility index (Phi) is 4.03. The van der Waals surface area contributed by atoms with Gasteiger partial charge in [-0.1, -0.05) is 45.1 Å². The number of hydrogen-bond acceptors (Lipinski definition) is 4. The van der Waals surface area contributed by atoms with Crippen LogP contribution in [0.4, 0.5) is 0 Å². The standard InChI is InChI=1S/C24H27NO4/c1-4-24(2,3)13-5-7-14(8-6-13)29-19(26)12-25-22(27)20-15-9-10-16(18-11-17(15)18)21(20)23(25)28/h5-10,15-18,20-21H,4,11-12H2,1-3H3/t15-,16-,17-,18+,20+,21+/m0/s1. The number of likely N-dealkylation sites (tertiary alicyclic amines) is 1. The van der Waals surface area contributed by atoms with Crippen molar-refractivity contribution in [2.45, 2.75) is 39.0 Å². The second-order valence-electron chi connectivity index (χ2n) is 9.65. The minimum absolute atomic E-state index is 0.0569. The first kappa shape index (κ1) is 18.6. The van der Waals surface area contributed by atoms with Crippen LogP contribution in [0.3, 0.4) is 0 Å². The van der Waals surface area contributed by atoms with E-state index in [0.29, 0.717) is 17.6 Å². The van der Waals surface area contributed by atoms with Crippen LogP contribution in [0.5, 0.6) is 5.75 Å². The van der Waals surface area contributed by atoms with E-state index < -0.39 is 5.97 Å². The summed E-state index contributed by atoms with van der Waals surface area (Å²) in [5, 5.41) is 0. The van der Waals surface area contributed by atoms with E-state index in [4.69, 9.17) is 4.74 Å². The second kappa shape index (κ2) is 6.28. The number of allylic oxidation sites excluding steroid dienone is 2. The van der Waals surface area contributed by atoms with Crippen molar-refractivity contribution in [2.24, 2.45) is 35.5 Å². The first-order valence-electron chi connectivity index (χ1n) is 10.7. The lowest BCUT2D eigenvalue weighted by Crippen LogP contribution is -2.40. The Balaban J connectivity index is 1.26. The highest BCUT2D eigenvalue weighted by molar-refractivity contribution is 6.08. The minimum atomic E-state index is -0.571. The fourth-order valence-corrected chi connectivity index (χ4v) is 5.65. The maximum Gasteiger partial charge on any atom is 0.331 e. The number of amides is 2. The van der Waals surface area contributed by atoms with Crippen LogP contribution in [0.25, 0.3) is 0 Å². The Morgan fingerprint density at radius 2 is 1.59 bits per heavy atom. The lowest BCUT2D eigenvalue weighted by Gasteiger charge is -2.37. The molecular formula is C24H27NO4.